The second-order valence-electron chi connectivity index (χ2n) is 7.32. The number of nitro benzene ring substituents is 1. The van der Waals surface area contributed by atoms with Crippen molar-refractivity contribution in [3.8, 4) is 11.8 Å². The van der Waals surface area contributed by atoms with Crippen LogP contribution in [0.25, 0.3) is 0 Å². The van der Waals surface area contributed by atoms with Gasteiger partial charge in [-0.15, -0.1) is 0 Å². The number of benzene rings is 2. The maximum Gasteiger partial charge on any atom is 0.311 e. The summed E-state index contributed by atoms with van der Waals surface area (Å²) >= 11 is 0. The number of hydrogen-bond donors (Lipinski definition) is 1. The highest BCUT2D eigenvalue weighted by Gasteiger charge is 2.21. The number of nitrogens with zero attached hydrogens (tertiary/aromatic N) is 3. The summed E-state index contributed by atoms with van der Waals surface area (Å²) in [6, 6.07) is 12.5. The minimum Gasteiger partial charge on any atom is -0.477 e. The van der Waals surface area contributed by atoms with Gasteiger partial charge in [-0.1, -0.05) is 18.2 Å². The van der Waals surface area contributed by atoms with Crippen molar-refractivity contribution in [3.05, 3.63) is 86.3 Å². The van der Waals surface area contributed by atoms with E-state index in [0.29, 0.717) is 29.1 Å². The molecule has 0 aliphatic carbocycles. The first-order valence-corrected chi connectivity index (χ1v) is 9.73. The average molecular weight is 436 g/mol. The molecule has 1 heterocycles. The van der Waals surface area contributed by atoms with Crippen molar-refractivity contribution in [1.29, 1.82) is 5.26 Å². The number of aryl methyl sites for hydroxylation is 1. The largest absolute Gasteiger partial charge is 0.477 e. The number of hydrogen-bond acceptors (Lipinski definition) is 5. The third kappa shape index (κ3) is 4.75. The Morgan fingerprint density at radius 3 is 2.53 bits per heavy atom. The number of carbonyl (C=O) groups is 1. The first kappa shape index (κ1) is 22.5. The molecule has 32 heavy (non-hydrogen) atoms. The van der Waals surface area contributed by atoms with Crippen molar-refractivity contribution in [2.45, 2.75) is 27.3 Å². The summed E-state index contributed by atoms with van der Waals surface area (Å²) in [5.74, 6) is -0.666. The molecular formula is C23H21FN4O4. The third-order valence-corrected chi connectivity index (χ3v) is 5.12. The summed E-state index contributed by atoms with van der Waals surface area (Å²) in [6.45, 7) is 5.15. The minimum atomic E-state index is -0.575. The summed E-state index contributed by atoms with van der Waals surface area (Å²) in [5.41, 5.74) is 3.03. The molecule has 0 aliphatic heterocycles. The van der Waals surface area contributed by atoms with Gasteiger partial charge in [-0.05, 0) is 55.7 Å². The monoisotopic (exact) mass is 436 g/mol. The zero-order chi connectivity index (χ0) is 23.4. The fourth-order valence-electron chi connectivity index (χ4n) is 3.30. The predicted molar refractivity (Wildman–Crippen MR) is 116 cm³/mol. The molecule has 3 rings (SSSR count). The van der Waals surface area contributed by atoms with E-state index >= 15 is 0 Å². The van der Waals surface area contributed by atoms with Crippen LogP contribution in [0.15, 0.2) is 42.5 Å². The minimum absolute atomic E-state index is 0.0229. The lowest BCUT2D eigenvalue weighted by atomic mass is 10.2. The summed E-state index contributed by atoms with van der Waals surface area (Å²) in [5, 5.41) is 23.5. The summed E-state index contributed by atoms with van der Waals surface area (Å²) in [6.07, 6.45) is 0. The first-order chi connectivity index (χ1) is 15.2. The van der Waals surface area contributed by atoms with E-state index < -0.39 is 17.4 Å². The number of carbonyl (C=O) groups excluding carboxylic acids is 1. The predicted octanol–water partition coefficient (Wildman–Crippen LogP) is 4.40. The molecular weight excluding hydrogens is 415 g/mol. The molecule has 164 valence electrons. The van der Waals surface area contributed by atoms with Gasteiger partial charge in [0.05, 0.1) is 10.5 Å². The van der Waals surface area contributed by atoms with Crippen LogP contribution in [0.5, 0.6) is 5.75 Å². The van der Waals surface area contributed by atoms with Gasteiger partial charge < -0.3 is 14.6 Å². The topological polar surface area (TPSA) is 110 Å². The van der Waals surface area contributed by atoms with Crippen LogP contribution in [0.1, 0.15) is 27.9 Å². The van der Waals surface area contributed by atoms with Crippen molar-refractivity contribution in [3.63, 3.8) is 0 Å². The molecule has 1 N–H and O–H groups in total. The van der Waals surface area contributed by atoms with Crippen LogP contribution >= 0.6 is 0 Å². The average Bonchev–Trinajstić information content (AvgIpc) is 2.98. The van der Waals surface area contributed by atoms with Gasteiger partial charge in [0.25, 0.3) is 5.91 Å². The van der Waals surface area contributed by atoms with Crippen LogP contribution in [0.3, 0.4) is 0 Å². The number of amides is 1. The lowest BCUT2D eigenvalue weighted by molar-refractivity contribution is -0.385. The lowest BCUT2D eigenvalue weighted by Gasteiger charge is -2.14. The van der Waals surface area contributed by atoms with Gasteiger partial charge in [-0.25, -0.2) is 4.39 Å². The molecule has 0 aliphatic rings. The van der Waals surface area contributed by atoms with E-state index in [4.69, 9.17) is 4.74 Å². The van der Waals surface area contributed by atoms with E-state index in [2.05, 4.69) is 11.4 Å². The molecule has 0 bridgehead atoms. The zero-order valence-corrected chi connectivity index (χ0v) is 17.8. The highest BCUT2D eigenvalue weighted by molar-refractivity contribution is 5.93. The number of halogens is 1. The highest BCUT2D eigenvalue weighted by Crippen LogP contribution is 2.29. The second kappa shape index (κ2) is 9.31. The number of rotatable bonds is 7. The summed E-state index contributed by atoms with van der Waals surface area (Å²) in [4.78, 5) is 23.3. The van der Waals surface area contributed by atoms with Crippen LogP contribution in [-0.4, -0.2) is 22.0 Å². The third-order valence-electron chi connectivity index (χ3n) is 5.12. The van der Waals surface area contributed by atoms with E-state index in [1.165, 1.54) is 24.3 Å². The van der Waals surface area contributed by atoms with Crippen LogP contribution in [-0.2, 0) is 11.3 Å². The molecule has 1 aromatic heterocycles. The van der Waals surface area contributed by atoms with E-state index in [0.717, 1.165) is 11.3 Å². The van der Waals surface area contributed by atoms with Crippen molar-refractivity contribution < 1.29 is 18.8 Å². The van der Waals surface area contributed by atoms with Gasteiger partial charge in [0.1, 0.15) is 17.7 Å². The second-order valence-corrected chi connectivity index (χ2v) is 7.32. The number of nitro groups is 1. The van der Waals surface area contributed by atoms with Crippen LogP contribution in [0, 0.1) is 48.0 Å². The number of ether oxygens (including phenoxy) is 1. The van der Waals surface area contributed by atoms with Crippen molar-refractivity contribution in [1.82, 2.24) is 4.57 Å². The fraction of sp³-hybridized carbons (Fsp3) is 0.217. The number of nitriles is 1. The van der Waals surface area contributed by atoms with Gasteiger partial charge >= 0.3 is 5.69 Å². The molecule has 9 heteroatoms. The van der Waals surface area contributed by atoms with E-state index in [9.17, 15) is 24.6 Å². The van der Waals surface area contributed by atoms with E-state index in [-0.39, 0.29) is 17.3 Å². The van der Waals surface area contributed by atoms with Gasteiger partial charge in [0.15, 0.2) is 12.4 Å². The Labute approximate surface area is 184 Å². The van der Waals surface area contributed by atoms with Gasteiger partial charge in [-0.3, -0.25) is 14.9 Å². The summed E-state index contributed by atoms with van der Waals surface area (Å²) < 4.78 is 20.4. The maximum atomic E-state index is 13.2. The smallest absolute Gasteiger partial charge is 0.311 e. The normalized spacial score (nSPS) is 10.5. The molecule has 0 spiro atoms. The van der Waals surface area contributed by atoms with Crippen molar-refractivity contribution >= 4 is 17.4 Å². The summed E-state index contributed by atoms with van der Waals surface area (Å²) in [7, 11) is 0. The Bertz CT molecular complexity index is 1230. The number of aromatic nitrogens is 1. The van der Waals surface area contributed by atoms with Gasteiger partial charge in [-0.2, -0.15) is 5.26 Å². The number of anilines is 1. The molecule has 0 unspecified atom stereocenters. The molecule has 2 aromatic carbocycles. The van der Waals surface area contributed by atoms with Gasteiger partial charge in [0.2, 0.25) is 0 Å². The Hall–Kier alpha value is -4.19. The molecule has 3 aromatic rings. The maximum absolute atomic E-state index is 13.2. The van der Waals surface area contributed by atoms with Crippen molar-refractivity contribution in [2.75, 3.05) is 11.9 Å². The molecule has 0 radical (unpaired) electrons. The fourth-order valence-corrected chi connectivity index (χ4v) is 3.30. The van der Waals surface area contributed by atoms with E-state index in [1.54, 1.807) is 36.6 Å². The van der Waals surface area contributed by atoms with Crippen LogP contribution in [0.2, 0.25) is 0 Å². The Morgan fingerprint density at radius 1 is 1.22 bits per heavy atom. The van der Waals surface area contributed by atoms with Gasteiger partial charge in [0, 0.05) is 18.3 Å². The Morgan fingerprint density at radius 2 is 1.91 bits per heavy atom. The highest BCUT2D eigenvalue weighted by atomic mass is 19.1. The Kier molecular flexibility index (Phi) is 6.54. The van der Waals surface area contributed by atoms with Crippen LogP contribution in [0.4, 0.5) is 15.9 Å². The van der Waals surface area contributed by atoms with Crippen LogP contribution < -0.4 is 10.1 Å². The molecule has 0 fully saturated rings. The zero-order valence-electron chi connectivity index (χ0n) is 17.8. The SMILES string of the molecule is Cc1ccc(OCC(=O)Nc2c(C#N)c(C)c(C)n2Cc2ccc(F)cc2)c([N+](=O)[O-])c1. The standard InChI is InChI=1S/C23H21FN4O4/c1-14-4-9-21(20(10-14)28(30)31)32-13-22(29)26-23-19(11-25)15(2)16(3)27(23)12-17-5-7-18(24)8-6-17/h4-10H,12-13H2,1-3H3,(H,26,29). The lowest BCUT2D eigenvalue weighted by Crippen LogP contribution is -2.23. The van der Waals surface area contributed by atoms with Crippen molar-refractivity contribution in [2.24, 2.45) is 0 Å². The molecule has 0 atom stereocenters. The molecule has 8 nitrogen and oxygen atoms in total. The van der Waals surface area contributed by atoms with E-state index in [1.807, 2.05) is 6.92 Å². The molecule has 0 saturated heterocycles. The molecule has 1 amide bonds. The first-order valence-electron chi connectivity index (χ1n) is 9.73. The quantitative estimate of drug-likeness (QED) is 0.436. The number of nitrogens with one attached hydrogen (secondary N) is 1. The molecule has 0 saturated carbocycles. The Balaban J connectivity index is 1.83.